The van der Waals surface area contributed by atoms with Crippen LogP contribution in [0.15, 0.2) is 18.2 Å². The number of amides is 1. The Morgan fingerprint density at radius 3 is 2.71 bits per heavy atom. The summed E-state index contributed by atoms with van der Waals surface area (Å²) in [5.41, 5.74) is 3.75. The quantitative estimate of drug-likeness (QED) is 0.927. The van der Waals surface area contributed by atoms with Crippen LogP contribution in [0.5, 0.6) is 0 Å². The molecule has 1 N–H and O–H groups in total. The van der Waals surface area contributed by atoms with Crippen LogP contribution in [0.1, 0.15) is 31.4 Å². The number of morpholine rings is 1. The molecule has 1 aliphatic carbocycles. The third-order valence-electron chi connectivity index (χ3n) is 4.24. The predicted octanol–water partition coefficient (Wildman–Crippen LogP) is 2.22. The van der Waals surface area contributed by atoms with E-state index in [0.717, 1.165) is 25.2 Å². The summed E-state index contributed by atoms with van der Waals surface area (Å²) in [5, 5.41) is 3.03. The Labute approximate surface area is 126 Å². The lowest BCUT2D eigenvalue weighted by molar-refractivity contribution is -0.121. The van der Waals surface area contributed by atoms with Crippen molar-refractivity contribution in [3.63, 3.8) is 0 Å². The fourth-order valence-corrected chi connectivity index (χ4v) is 3.47. The van der Waals surface area contributed by atoms with E-state index in [-0.39, 0.29) is 18.1 Å². The van der Waals surface area contributed by atoms with Crippen LogP contribution in [-0.2, 0) is 22.4 Å². The van der Waals surface area contributed by atoms with Crippen molar-refractivity contribution in [2.45, 2.75) is 45.3 Å². The number of fused-ring (bicyclic) bond motifs is 1. The number of rotatable bonds is 3. The molecule has 1 amide bonds. The number of ether oxygens (including phenoxy) is 1. The zero-order valence-corrected chi connectivity index (χ0v) is 12.9. The summed E-state index contributed by atoms with van der Waals surface area (Å²) in [6.45, 7) is 6.20. The van der Waals surface area contributed by atoms with Crippen molar-refractivity contribution in [2.24, 2.45) is 0 Å². The van der Waals surface area contributed by atoms with Crippen LogP contribution in [-0.4, -0.2) is 42.6 Å². The molecule has 0 saturated carbocycles. The highest BCUT2D eigenvalue weighted by Crippen LogP contribution is 2.24. The van der Waals surface area contributed by atoms with Crippen LogP contribution in [0.3, 0.4) is 0 Å². The first kappa shape index (κ1) is 14.5. The number of anilines is 1. The van der Waals surface area contributed by atoms with Gasteiger partial charge in [-0.15, -0.1) is 0 Å². The van der Waals surface area contributed by atoms with Crippen LogP contribution in [0.4, 0.5) is 5.69 Å². The Morgan fingerprint density at radius 1 is 1.24 bits per heavy atom. The topological polar surface area (TPSA) is 41.6 Å². The number of nitrogens with zero attached hydrogens (tertiary/aromatic N) is 1. The molecule has 114 valence electrons. The molecule has 1 aromatic rings. The largest absolute Gasteiger partial charge is 0.373 e. The highest BCUT2D eigenvalue weighted by molar-refractivity contribution is 5.92. The first-order valence-corrected chi connectivity index (χ1v) is 7.89. The SMILES string of the molecule is CC1CN(CC(=O)Nc2ccc3c(c2)CCC3)CC(C)O1. The Hall–Kier alpha value is -1.39. The number of carbonyl (C=O) groups excluding carboxylic acids is 1. The maximum atomic E-state index is 12.2. The van der Waals surface area contributed by atoms with Gasteiger partial charge < -0.3 is 10.1 Å². The van der Waals surface area contributed by atoms with Gasteiger partial charge in [-0.2, -0.15) is 0 Å². The number of carbonyl (C=O) groups is 1. The van der Waals surface area contributed by atoms with Crippen molar-refractivity contribution in [1.82, 2.24) is 4.90 Å². The van der Waals surface area contributed by atoms with Crippen LogP contribution in [0.25, 0.3) is 0 Å². The van der Waals surface area contributed by atoms with E-state index in [0.29, 0.717) is 6.54 Å². The lowest BCUT2D eigenvalue weighted by Crippen LogP contribution is -2.48. The molecule has 1 fully saturated rings. The molecule has 0 aromatic heterocycles. The van der Waals surface area contributed by atoms with Crippen LogP contribution in [0.2, 0.25) is 0 Å². The number of aryl methyl sites for hydroxylation is 2. The number of nitrogens with one attached hydrogen (secondary N) is 1. The average Bonchev–Trinajstić information content (AvgIpc) is 2.84. The summed E-state index contributed by atoms with van der Waals surface area (Å²) in [5.74, 6) is 0.0641. The molecule has 4 nitrogen and oxygen atoms in total. The van der Waals surface area contributed by atoms with E-state index in [9.17, 15) is 4.79 Å². The van der Waals surface area contributed by atoms with Crippen molar-refractivity contribution >= 4 is 11.6 Å². The summed E-state index contributed by atoms with van der Waals surface area (Å²) < 4.78 is 5.69. The maximum absolute atomic E-state index is 12.2. The lowest BCUT2D eigenvalue weighted by atomic mass is 10.1. The summed E-state index contributed by atoms with van der Waals surface area (Å²) in [4.78, 5) is 14.4. The zero-order valence-electron chi connectivity index (χ0n) is 12.9. The van der Waals surface area contributed by atoms with Gasteiger partial charge in [0, 0.05) is 18.8 Å². The maximum Gasteiger partial charge on any atom is 0.238 e. The van der Waals surface area contributed by atoms with Gasteiger partial charge in [0.05, 0.1) is 18.8 Å². The first-order valence-electron chi connectivity index (χ1n) is 7.89. The van der Waals surface area contributed by atoms with E-state index in [2.05, 4.69) is 36.2 Å². The van der Waals surface area contributed by atoms with Gasteiger partial charge in [0.25, 0.3) is 0 Å². The minimum atomic E-state index is 0.0641. The standard InChI is InChI=1S/C17H24N2O2/c1-12-9-19(10-13(2)21-12)11-17(20)18-16-7-6-14-4-3-5-15(14)8-16/h6-8,12-13H,3-5,9-11H2,1-2H3,(H,18,20). The molecule has 21 heavy (non-hydrogen) atoms. The Kier molecular flexibility index (Phi) is 4.27. The van der Waals surface area contributed by atoms with Crippen LogP contribution in [0, 0.1) is 0 Å². The molecule has 2 atom stereocenters. The minimum Gasteiger partial charge on any atom is -0.373 e. The number of hydrogen-bond acceptors (Lipinski definition) is 3. The smallest absolute Gasteiger partial charge is 0.238 e. The van der Waals surface area contributed by atoms with Crippen molar-refractivity contribution < 1.29 is 9.53 Å². The van der Waals surface area contributed by atoms with E-state index in [1.807, 2.05) is 6.07 Å². The lowest BCUT2D eigenvalue weighted by Gasteiger charge is -2.34. The highest BCUT2D eigenvalue weighted by atomic mass is 16.5. The Balaban J connectivity index is 1.56. The van der Waals surface area contributed by atoms with Gasteiger partial charge in [0.1, 0.15) is 0 Å². The summed E-state index contributed by atoms with van der Waals surface area (Å²) in [6.07, 6.45) is 3.93. The highest BCUT2D eigenvalue weighted by Gasteiger charge is 2.23. The second-order valence-corrected chi connectivity index (χ2v) is 6.34. The number of hydrogen-bond donors (Lipinski definition) is 1. The Bertz CT molecular complexity index is 520. The van der Waals surface area contributed by atoms with Crippen molar-refractivity contribution in [2.75, 3.05) is 25.0 Å². The third kappa shape index (κ3) is 3.63. The van der Waals surface area contributed by atoms with Gasteiger partial charge >= 0.3 is 0 Å². The fraction of sp³-hybridized carbons (Fsp3) is 0.588. The van der Waals surface area contributed by atoms with Crippen molar-refractivity contribution in [3.8, 4) is 0 Å². The molecule has 1 aromatic carbocycles. The van der Waals surface area contributed by atoms with Crippen molar-refractivity contribution in [1.29, 1.82) is 0 Å². The second kappa shape index (κ2) is 6.16. The Morgan fingerprint density at radius 2 is 1.95 bits per heavy atom. The van der Waals surface area contributed by atoms with Gasteiger partial charge in [-0.1, -0.05) is 6.07 Å². The van der Waals surface area contributed by atoms with E-state index >= 15 is 0 Å². The molecule has 2 unspecified atom stereocenters. The van der Waals surface area contributed by atoms with Crippen LogP contribution < -0.4 is 5.32 Å². The van der Waals surface area contributed by atoms with E-state index in [4.69, 9.17) is 4.74 Å². The second-order valence-electron chi connectivity index (χ2n) is 6.34. The monoisotopic (exact) mass is 288 g/mol. The van der Waals surface area contributed by atoms with E-state index in [1.165, 1.54) is 24.0 Å². The van der Waals surface area contributed by atoms with E-state index in [1.54, 1.807) is 0 Å². The van der Waals surface area contributed by atoms with E-state index < -0.39 is 0 Å². The average molecular weight is 288 g/mol. The molecular weight excluding hydrogens is 264 g/mol. The van der Waals surface area contributed by atoms with Crippen LogP contribution >= 0.6 is 0 Å². The van der Waals surface area contributed by atoms with Crippen molar-refractivity contribution in [3.05, 3.63) is 29.3 Å². The molecule has 2 aliphatic rings. The van der Waals surface area contributed by atoms with Gasteiger partial charge in [-0.25, -0.2) is 0 Å². The molecule has 0 bridgehead atoms. The zero-order chi connectivity index (χ0) is 14.8. The van der Waals surface area contributed by atoms with Gasteiger partial charge in [-0.3, -0.25) is 9.69 Å². The summed E-state index contributed by atoms with van der Waals surface area (Å²) in [6, 6.07) is 6.30. The summed E-state index contributed by atoms with van der Waals surface area (Å²) >= 11 is 0. The molecule has 1 aliphatic heterocycles. The molecule has 0 radical (unpaired) electrons. The minimum absolute atomic E-state index is 0.0641. The number of benzene rings is 1. The molecule has 1 saturated heterocycles. The first-order chi connectivity index (χ1) is 10.1. The molecule has 4 heteroatoms. The normalized spacial score (nSPS) is 25.6. The third-order valence-corrected chi connectivity index (χ3v) is 4.24. The van der Waals surface area contributed by atoms with Gasteiger partial charge in [-0.05, 0) is 56.4 Å². The fourth-order valence-electron chi connectivity index (χ4n) is 3.47. The molecule has 3 rings (SSSR count). The van der Waals surface area contributed by atoms with Gasteiger partial charge in [0.2, 0.25) is 5.91 Å². The summed E-state index contributed by atoms with van der Waals surface area (Å²) in [7, 11) is 0. The molecule has 1 heterocycles. The van der Waals surface area contributed by atoms with Gasteiger partial charge in [0.15, 0.2) is 0 Å². The molecule has 0 spiro atoms. The predicted molar refractivity (Wildman–Crippen MR) is 83.5 cm³/mol. The molecular formula is C17H24N2O2.